The van der Waals surface area contributed by atoms with Crippen LogP contribution in [0.4, 0.5) is 0 Å². The second kappa shape index (κ2) is 4.70. The number of hydrogen-bond donors (Lipinski definition) is 1. The normalized spacial score (nSPS) is 21.4. The summed E-state index contributed by atoms with van der Waals surface area (Å²) in [5.74, 6) is 1.11. The highest BCUT2D eigenvalue weighted by molar-refractivity contribution is 5.87. The molecule has 0 amide bonds. The minimum absolute atomic E-state index is 0.400. The Hall–Kier alpha value is -1.29. The molecule has 0 spiro atoms. The molecule has 1 aromatic heterocycles. The molecular weight excluding hydrogens is 200 g/mol. The topological polar surface area (TPSA) is 32.6 Å². The number of rotatable bonds is 2. The van der Waals surface area contributed by atoms with Crippen molar-refractivity contribution in [3.05, 3.63) is 24.0 Å². The Bertz CT molecular complexity index is 372. The SMILES string of the molecule is Cc1cccn1N=C(C1CCCN1)N(C)C. The van der Waals surface area contributed by atoms with E-state index in [9.17, 15) is 0 Å². The summed E-state index contributed by atoms with van der Waals surface area (Å²) in [6.07, 6.45) is 4.41. The summed E-state index contributed by atoms with van der Waals surface area (Å²) >= 11 is 0. The standard InChI is InChI=1S/C12H20N4/c1-10-6-5-9-16(10)14-12(15(2)3)11-7-4-8-13-11/h5-6,9,11,13H,4,7-8H2,1-3H3. The Morgan fingerprint density at radius 3 is 2.88 bits per heavy atom. The lowest BCUT2D eigenvalue weighted by molar-refractivity contribution is 0.555. The monoisotopic (exact) mass is 220 g/mol. The van der Waals surface area contributed by atoms with Gasteiger partial charge in [0.2, 0.25) is 0 Å². The minimum atomic E-state index is 0.400. The Balaban J connectivity index is 2.25. The molecule has 2 heterocycles. The smallest absolute Gasteiger partial charge is 0.142 e. The fraction of sp³-hybridized carbons (Fsp3) is 0.583. The molecule has 16 heavy (non-hydrogen) atoms. The van der Waals surface area contributed by atoms with Crippen LogP contribution in [0.15, 0.2) is 23.4 Å². The average Bonchev–Trinajstić information content (AvgIpc) is 2.85. The van der Waals surface area contributed by atoms with E-state index < -0.39 is 0 Å². The van der Waals surface area contributed by atoms with E-state index >= 15 is 0 Å². The molecule has 1 aromatic rings. The van der Waals surface area contributed by atoms with Crippen LogP contribution in [-0.4, -0.2) is 42.1 Å². The van der Waals surface area contributed by atoms with E-state index in [4.69, 9.17) is 5.10 Å². The molecule has 1 aliphatic heterocycles. The van der Waals surface area contributed by atoms with Crippen LogP contribution in [0.25, 0.3) is 0 Å². The predicted octanol–water partition coefficient (Wildman–Crippen LogP) is 1.27. The molecule has 4 nitrogen and oxygen atoms in total. The van der Waals surface area contributed by atoms with Crippen LogP contribution in [0.3, 0.4) is 0 Å². The van der Waals surface area contributed by atoms with Crippen LogP contribution in [0.5, 0.6) is 0 Å². The van der Waals surface area contributed by atoms with Crippen LogP contribution in [0.1, 0.15) is 18.5 Å². The first-order chi connectivity index (χ1) is 7.68. The summed E-state index contributed by atoms with van der Waals surface area (Å²) in [6.45, 7) is 3.17. The van der Waals surface area contributed by atoms with Gasteiger partial charge in [-0.15, -0.1) is 0 Å². The fourth-order valence-corrected chi connectivity index (χ4v) is 2.06. The van der Waals surface area contributed by atoms with Gasteiger partial charge in [0, 0.05) is 26.0 Å². The maximum absolute atomic E-state index is 4.70. The van der Waals surface area contributed by atoms with Gasteiger partial charge in [0.1, 0.15) is 5.84 Å². The first kappa shape index (κ1) is 11.2. The summed E-state index contributed by atoms with van der Waals surface area (Å²) in [5.41, 5.74) is 1.16. The lowest BCUT2D eigenvalue weighted by atomic mass is 10.2. The highest BCUT2D eigenvalue weighted by atomic mass is 15.4. The van der Waals surface area contributed by atoms with E-state index in [1.165, 1.54) is 12.8 Å². The lowest BCUT2D eigenvalue weighted by Crippen LogP contribution is -2.40. The summed E-state index contributed by atoms with van der Waals surface area (Å²) in [6, 6.07) is 4.49. The molecule has 1 fully saturated rings. The Labute approximate surface area is 96.9 Å². The van der Waals surface area contributed by atoms with Gasteiger partial charge in [-0.2, -0.15) is 5.10 Å². The largest absolute Gasteiger partial charge is 0.363 e. The molecule has 1 unspecified atom stereocenters. The Morgan fingerprint density at radius 2 is 2.38 bits per heavy atom. The quantitative estimate of drug-likeness (QED) is 0.601. The van der Waals surface area contributed by atoms with Crippen LogP contribution >= 0.6 is 0 Å². The van der Waals surface area contributed by atoms with Gasteiger partial charge in [0.25, 0.3) is 0 Å². The minimum Gasteiger partial charge on any atom is -0.363 e. The predicted molar refractivity (Wildman–Crippen MR) is 66.7 cm³/mol. The highest BCUT2D eigenvalue weighted by Gasteiger charge is 2.22. The molecule has 0 bridgehead atoms. The molecule has 0 radical (unpaired) electrons. The van der Waals surface area contributed by atoms with E-state index in [-0.39, 0.29) is 0 Å². The summed E-state index contributed by atoms with van der Waals surface area (Å²) in [7, 11) is 4.11. The number of hydrogen-bond acceptors (Lipinski definition) is 2. The summed E-state index contributed by atoms with van der Waals surface area (Å²) in [5, 5.41) is 8.18. The van der Waals surface area contributed by atoms with Gasteiger partial charge in [-0.05, 0) is 38.4 Å². The van der Waals surface area contributed by atoms with E-state index in [0.29, 0.717) is 6.04 Å². The number of aromatic nitrogens is 1. The van der Waals surface area contributed by atoms with Gasteiger partial charge in [0.15, 0.2) is 0 Å². The van der Waals surface area contributed by atoms with Crippen molar-refractivity contribution in [3.8, 4) is 0 Å². The summed E-state index contributed by atoms with van der Waals surface area (Å²) in [4.78, 5) is 2.10. The van der Waals surface area contributed by atoms with Crippen LogP contribution in [-0.2, 0) is 0 Å². The van der Waals surface area contributed by atoms with Gasteiger partial charge in [-0.3, -0.25) is 0 Å². The molecule has 88 valence electrons. The molecule has 1 atom stereocenters. The second-order valence-corrected chi connectivity index (χ2v) is 4.50. The van der Waals surface area contributed by atoms with Crippen LogP contribution in [0, 0.1) is 6.92 Å². The molecule has 1 N–H and O–H groups in total. The van der Waals surface area contributed by atoms with Gasteiger partial charge in [-0.25, -0.2) is 4.68 Å². The number of amidine groups is 1. The molecule has 1 saturated heterocycles. The third kappa shape index (κ3) is 2.27. The molecular formula is C12H20N4. The number of likely N-dealkylation sites (N-methyl/N-ethyl adjacent to an activating group) is 1. The van der Waals surface area contributed by atoms with Crippen molar-refractivity contribution in [1.82, 2.24) is 14.9 Å². The highest BCUT2D eigenvalue weighted by Crippen LogP contribution is 2.10. The number of nitrogens with one attached hydrogen (secondary N) is 1. The van der Waals surface area contributed by atoms with Gasteiger partial charge < -0.3 is 10.2 Å². The molecule has 0 aromatic carbocycles. The molecule has 1 aliphatic rings. The molecule has 0 aliphatic carbocycles. The van der Waals surface area contributed by atoms with Crippen molar-refractivity contribution < 1.29 is 0 Å². The average molecular weight is 220 g/mol. The first-order valence-electron chi connectivity index (χ1n) is 5.82. The zero-order chi connectivity index (χ0) is 11.5. The Kier molecular flexibility index (Phi) is 3.29. The summed E-state index contributed by atoms with van der Waals surface area (Å²) < 4.78 is 1.94. The first-order valence-corrected chi connectivity index (χ1v) is 5.82. The third-order valence-corrected chi connectivity index (χ3v) is 2.97. The zero-order valence-corrected chi connectivity index (χ0v) is 10.3. The van der Waals surface area contributed by atoms with Gasteiger partial charge in [0.05, 0.1) is 6.04 Å². The van der Waals surface area contributed by atoms with Crippen molar-refractivity contribution in [3.63, 3.8) is 0 Å². The molecule has 4 heteroatoms. The van der Waals surface area contributed by atoms with Crippen molar-refractivity contribution >= 4 is 5.84 Å². The number of nitrogens with zero attached hydrogens (tertiary/aromatic N) is 3. The fourth-order valence-electron chi connectivity index (χ4n) is 2.06. The second-order valence-electron chi connectivity index (χ2n) is 4.50. The van der Waals surface area contributed by atoms with E-state index in [1.807, 2.05) is 16.9 Å². The molecule has 0 saturated carbocycles. The zero-order valence-electron chi connectivity index (χ0n) is 10.3. The van der Waals surface area contributed by atoms with E-state index in [0.717, 1.165) is 18.1 Å². The van der Waals surface area contributed by atoms with Crippen molar-refractivity contribution in [2.24, 2.45) is 5.10 Å². The van der Waals surface area contributed by atoms with Crippen molar-refractivity contribution in [2.45, 2.75) is 25.8 Å². The van der Waals surface area contributed by atoms with E-state index in [2.05, 4.69) is 37.3 Å². The van der Waals surface area contributed by atoms with Crippen molar-refractivity contribution in [2.75, 3.05) is 20.6 Å². The number of aryl methyl sites for hydroxylation is 1. The third-order valence-electron chi connectivity index (χ3n) is 2.97. The maximum atomic E-state index is 4.70. The van der Waals surface area contributed by atoms with Gasteiger partial charge in [-0.1, -0.05) is 0 Å². The van der Waals surface area contributed by atoms with Crippen molar-refractivity contribution in [1.29, 1.82) is 0 Å². The van der Waals surface area contributed by atoms with E-state index in [1.54, 1.807) is 0 Å². The van der Waals surface area contributed by atoms with Crippen LogP contribution < -0.4 is 5.32 Å². The lowest BCUT2D eigenvalue weighted by Gasteiger charge is -2.21. The van der Waals surface area contributed by atoms with Crippen LogP contribution in [0.2, 0.25) is 0 Å². The van der Waals surface area contributed by atoms with Gasteiger partial charge >= 0.3 is 0 Å². The Morgan fingerprint density at radius 1 is 1.56 bits per heavy atom. The molecule has 2 rings (SSSR count). The maximum Gasteiger partial charge on any atom is 0.142 e.